The molecular formula is C24H27N5O2S. The van der Waals surface area contributed by atoms with Crippen molar-refractivity contribution in [1.29, 1.82) is 0 Å². The lowest BCUT2D eigenvalue weighted by atomic mass is 10.2. The second-order valence-corrected chi connectivity index (χ2v) is 8.35. The number of ether oxygens (including phenoxy) is 1. The first-order valence-corrected chi connectivity index (χ1v) is 11.6. The summed E-state index contributed by atoms with van der Waals surface area (Å²) in [5.41, 5.74) is 2.19. The molecule has 1 N–H and O–H groups in total. The summed E-state index contributed by atoms with van der Waals surface area (Å²) in [6.07, 6.45) is 3.39. The third kappa shape index (κ3) is 5.50. The first-order chi connectivity index (χ1) is 15.7. The molecule has 1 aliphatic heterocycles. The summed E-state index contributed by atoms with van der Waals surface area (Å²) in [4.78, 5) is 26.0. The van der Waals surface area contributed by atoms with Crippen LogP contribution >= 0.6 is 11.8 Å². The molecule has 32 heavy (non-hydrogen) atoms. The van der Waals surface area contributed by atoms with Gasteiger partial charge in [0.15, 0.2) is 5.82 Å². The lowest BCUT2D eigenvalue weighted by molar-refractivity contribution is -0.118. The van der Waals surface area contributed by atoms with Gasteiger partial charge in [-0.25, -0.2) is 9.97 Å². The zero-order valence-corrected chi connectivity index (χ0v) is 18.9. The number of aromatic nitrogens is 2. The molecule has 1 saturated heterocycles. The predicted octanol–water partition coefficient (Wildman–Crippen LogP) is 3.22. The number of rotatable bonds is 8. The summed E-state index contributed by atoms with van der Waals surface area (Å²) in [5.74, 6) is 2.02. The number of methoxy groups -OCH3 is 1. The Morgan fingerprint density at radius 1 is 0.969 bits per heavy atom. The van der Waals surface area contributed by atoms with Crippen LogP contribution in [0.4, 0.5) is 11.5 Å². The molecule has 0 spiro atoms. The molecule has 8 heteroatoms. The van der Waals surface area contributed by atoms with E-state index in [1.54, 1.807) is 19.5 Å². The van der Waals surface area contributed by atoms with Gasteiger partial charge in [-0.2, -0.15) is 0 Å². The first kappa shape index (κ1) is 22.0. The molecule has 7 nitrogen and oxygen atoms in total. The fraction of sp³-hybridized carbons (Fsp3) is 0.292. The Kier molecular flexibility index (Phi) is 7.45. The van der Waals surface area contributed by atoms with Crippen molar-refractivity contribution < 1.29 is 9.53 Å². The summed E-state index contributed by atoms with van der Waals surface area (Å²) in [6.45, 7) is 3.89. The van der Waals surface area contributed by atoms with Gasteiger partial charge in [0.1, 0.15) is 10.8 Å². The van der Waals surface area contributed by atoms with Gasteiger partial charge in [0.25, 0.3) is 0 Å². The van der Waals surface area contributed by atoms with E-state index in [9.17, 15) is 4.79 Å². The molecule has 0 saturated carbocycles. The minimum Gasteiger partial charge on any atom is -0.495 e. The fourth-order valence-corrected chi connectivity index (χ4v) is 4.48. The number of para-hydroxylation sites is 2. The molecule has 3 aromatic rings. The number of piperazine rings is 1. The van der Waals surface area contributed by atoms with Crippen molar-refractivity contribution in [2.45, 2.75) is 11.6 Å². The molecule has 1 aromatic heterocycles. The minimum atomic E-state index is -0.0172. The number of nitrogens with one attached hydrogen (secondary N) is 1. The second kappa shape index (κ2) is 10.9. The largest absolute Gasteiger partial charge is 0.495 e. The van der Waals surface area contributed by atoms with Crippen molar-refractivity contribution in [3.05, 3.63) is 72.6 Å². The van der Waals surface area contributed by atoms with E-state index in [1.165, 1.54) is 11.8 Å². The third-order valence-electron chi connectivity index (χ3n) is 5.32. The number of carbonyl (C=O) groups is 1. The Balaban J connectivity index is 1.33. The molecule has 4 rings (SSSR count). The van der Waals surface area contributed by atoms with E-state index in [0.29, 0.717) is 12.3 Å². The lowest BCUT2D eigenvalue weighted by Crippen LogP contribution is -2.47. The van der Waals surface area contributed by atoms with E-state index in [1.807, 2.05) is 48.5 Å². The van der Waals surface area contributed by atoms with Gasteiger partial charge in [0.2, 0.25) is 5.91 Å². The topological polar surface area (TPSA) is 70.6 Å². The van der Waals surface area contributed by atoms with Crippen LogP contribution in [-0.4, -0.2) is 54.9 Å². The summed E-state index contributed by atoms with van der Waals surface area (Å²) >= 11 is 1.43. The number of carbonyl (C=O) groups excluding carboxylic acids is 1. The van der Waals surface area contributed by atoms with Gasteiger partial charge < -0.3 is 19.9 Å². The summed E-state index contributed by atoms with van der Waals surface area (Å²) < 4.78 is 5.51. The highest BCUT2D eigenvalue weighted by Gasteiger charge is 2.23. The van der Waals surface area contributed by atoms with Gasteiger partial charge in [0, 0.05) is 45.1 Å². The lowest BCUT2D eigenvalue weighted by Gasteiger charge is -2.37. The molecule has 1 amide bonds. The van der Waals surface area contributed by atoms with Crippen molar-refractivity contribution >= 4 is 29.2 Å². The van der Waals surface area contributed by atoms with Crippen LogP contribution in [0.2, 0.25) is 0 Å². The molecule has 0 radical (unpaired) electrons. The molecule has 0 aliphatic carbocycles. The number of hydrogen-bond donors (Lipinski definition) is 1. The monoisotopic (exact) mass is 449 g/mol. The highest BCUT2D eigenvalue weighted by atomic mass is 32.2. The zero-order valence-electron chi connectivity index (χ0n) is 18.1. The van der Waals surface area contributed by atoms with Crippen molar-refractivity contribution in [2.75, 3.05) is 48.8 Å². The molecule has 1 aliphatic rings. The molecule has 2 heterocycles. The van der Waals surface area contributed by atoms with Crippen LogP contribution in [-0.2, 0) is 11.3 Å². The van der Waals surface area contributed by atoms with Crippen molar-refractivity contribution in [3.8, 4) is 5.75 Å². The number of benzene rings is 2. The quantitative estimate of drug-likeness (QED) is 0.530. The highest BCUT2D eigenvalue weighted by Crippen LogP contribution is 2.31. The first-order valence-electron chi connectivity index (χ1n) is 10.6. The SMILES string of the molecule is COc1ccccc1N1CCN(c2nccnc2SCC(=O)NCc2ccccc2)CC1. The van der Waals surface area contributed by atoms with Crippen LogP contribution in [0.1, 0.15) is 5.56 Å². The van der Waals surface area contributed by atoms with Crippen LogP contribution in [0.25, 0.3) is 0 Å². The molecule has 0 atom stereocenters. The summed E-state index contributed by atoms with van der Waals surface area (Å²) in [5, 5.41) is 3.75. The van der Waals surface area contributed by atoms with Gasteiger partial charge in [-0.15, -0.1) is 0 Å². The Morgan fingerprint density at radius 2 is 1.66 bits per heavy atom. The molecular weight excluding hydrogens is 422 g/mol. The van der Waals surface area contributed by atoms with Crippen LogP contribution < -0.4 is 19.9 Å². The minimum absolute atomic E-state index is 0.0172. The zero-order chi connectivity index (χ0) is 22.2. The number of anilines is 2. The summed E-state index contributed by atoms with van der Waals surface area (Å²) in [6, 6.07) is 18.0. The number of nitrogens with zero attached hydrogens (tertiary/aromatic N) is 4. The number of amides is 1. The normalized spacial score (nSPS) is 13.7. The Morgan fingerprint density at radius 3 is 2.44 bits per heavy atom. The van der Waals surface area contributed by atoms with Gasteiger partial charge in [-0.05, 0) is 17.7 Å². The summed E-state index contributed by atoms with van der Waals surface area (Å²) in [7, 11) is 1.70. The number of hydrogen-bond acceptors (Lipinski definition) is 7. The van der Waals surface area contributed by atoms with E-state index in [-0.39, 0.29) is 5.91 Å². The maximum atomic E-state index is 12.3. The second-order valence-electron chi connectivity index (χ2n) is 7.38. The van der Waals surface area contributed by atoms with Crippen LogP contribution in [0, 0.1) is 0 Å². The van der Waals surface area contributed by atoms with E-state index in [0.717, 1.165) is 54.0 Å². The molecule has 1 fully saturated rings. The van der Waals surface area contributed by atoms with Gasteiger partial charge in [0.05, 0.1) is 18.6 Å². The fourth-order valence-electron chi connectivity index (χ4n) is 3.67. The van der Waals surface area contributed by atoms with E-state index in [2.05, 4.69) is 31.2 Å². The van der Waals surface area contributed by atoms with Crippen molar-refractivity contribution in [2.24, 2.45) is 0 Å². The van der Waals surface area contributed by atoms with Crippen LogP contribution in [0.3, 0.4) is 0 Å². The van der Waals surface area contributed by atoms with Crippen LogP contribution in [0.5, 0.6) is 5.75 Å². The smallest absolute Gasteiger partial charge is 0.230 e. The third-order valence-corrected chi connectivity index (χ3v) is 6.29. The maximum absolute atomic E-state index is 12.3. The van der Waals surface area contributed by atoms with E-state index < -0.39 is 0 Å². The predicted molar refractivity (Wildman–Crippen MR) is 128 cm³/mol. The molecule has 2 aromatic carbocycles. The van der Waals surface area contributed by atoms with Crippen LogP contribution in [0.15, 0.2) is 72.0 Å². The van der Waals surface area contributed by atoms with Gasteiger partial charge in [-0.1, -0.05) is 54.2 Å². The number of thioether (sulfide) groups is 1. The average Bonchev–Trinajstić information content (AvgIpc) is 2.87. The van der Waals surface area contributed by atoms with Crippen molar-refractivity contribution in [3.63, 3.8) is 0 Å². The molecule has 166 valence electrons. The Bertz CT molecular complexity index is 1030. The van der Waals surface area contributed by atoms with E-state index in [4.69, 9.17) is 4.74 Å². The van der Waals surface area contributed by atoms with Gasteiger partial charge >= 0.3 is 0 Å². The average molecular weight is 450 g/mol. The highest BCUT2D eigenvalue weighted by molar-refractivity contribution is 8.00. The molecule has 0 unspecified atom stereocenters. The maximum Gasteiger partial charge on any atom is 0.230 e. The standard InChI is InChI=1S/C24H27N5O2S/c1-31-21-10-6-5-9-20(21)28-13-15-29(16-14-28)23-24(26-12-11-25-23)32-18-22(30)27-17-19-7-3-2-4-8-19/h2-12H,13-18H2,1H3,(H,27,30). The molecule has 0 bridgehead atoms. The Hall–Kier alpha value is -3.26. The Labute approximate surface area is 192 Å². The van der Waals surface area contributed by atoms with Crippen molar-refractivity contribution in [1.82, 2.24) is 15.3 Å². The van der Waals surface area contributed by atoms with E-state index >= 15 is 0 Å². The van der Waals surface area contributed by atoms with Gasteiger partial charge in [-0.3, -0.25) is 4.79 Å².